The molecule has 4 N–H and O–H groups in total. The van der Waals surface area contributed by atoms with Crippen molar-refractivity contribution in [3.63, 3.8) is 0 Å². The Balaban J connectivity index is 3.05. The van der Waals surface area contributed by atoms with Crippen molar-refractivity contribution in [3.8, 4) is 0 Å². The van der Waals surface area contributed by atoms with Crippen molar-refractivity contribution in [3.05, 3.63) is 0 Å². The van der Waals surface area contributed by atoms with E-state index in [4.69, 9.17) is 11.8 Å². The first-order chi connectivity index (χ1) is 13.2. The molecule has 0 amide bonds. The van der Waals surface area contributed by atoms with E-state index in [1.807, 2.05) is 0 Å². The van der Waals surface area contributed by atoms with Crippen molar-refractivity contribution in [2.24, 2.45) is 11.8 Å². The van der Waals surface area contributed by atoms with Crippen molar-refractivity contribution in [1.82, 2.24) is 0 Å². The molecule has 0 aromatic carbocycles. The topological polar surface area (TPSA) is 105 Å². The van der Waals surface area contributed by atoms with Gasteiger partial charge in [-0.05, 0) is 12.8 Å². The molecule has 0 rings (SSSR count). The van der Waals surface area contributed by atoms with Crippen LogP contribution in [0.25, 0.3) is 0 Å². The zero-order valence-electron chi connectivity index (χ0n) is 17.2. The highest BCUT2D eigenvalue weighted by Gasteiger charge is 2.01. The Morgan fingerprint density at radius 3 is 0.778 bits per heavy atom. The Hall–Kier alpha value is -1.14. The van der Waals surface area contributed by atoms with Gasteiger partial charge in [0.25, 0.3) is 0 Å². The van der Waals surface area contributed by atoms with Crippen LogP contribution in [0.2, 0.25) is 0 Å². The third kappa shape index (κ3) is 21.0. The van der Waals surface area contributed by atoms with Gasteiger partial charge >= 0.3 is 11.9 Å². The molecule has 0 saturated carbocycles. The van der Waals surface area contributed by atoms with E-state index in [0.29, 0.717) is 12.8 Å². The minimum absolute atomic E-state index is 0.304. The van der Waals surface area contributed by atoms with E-state index in [2.05, 4.69) is 9.68 Å². The van der Waals surface area contributed by atoms with Crippen LogP contribution in [0.5, 0.6) is 0 Å². The fourth-order valence-corrected chi connectivity index (χ4v) is 3.31. The molecule has 0 aliphatic heterocycles. The number of carbonyl (C=O) groups is 2. The highest BCUT2D eigenvalue weighted by molar-refractivity contribution is 5.69. The highest BCUT2D eigenvalue weighted by Crippen LogP contribution is 2.14. The normalized spacial score (nSPS) is 10.7. The molecule has 0 bridgehead atoms. The zero-order valence-corrected chi connectivity index (χ0v) is 17.2. The summed E-state index contributed by atoms with van der Waals surface area (Å²) in [6, 6.07) is 0. The second kappa shape index (κ2) is 21.2. The number of unbranched alkanes of at least 4 members (excludes halogenated alkanes) is 16. The Kier molecular flexibility index (Phi) is 20.3. The molecule has 0 fully saturated rings. The summed E-state index contributed by atoms with van der Waals surface area (Å²) in [6.45, 7) is 0. The van der Waals surface area contributed by atoms with E-state index in [-0.39, 0.29) is 11.9 Å². The lowest BCUT2D eigenvalue weighted by atomic mass is 10.0. The molecule has 6 heteroatoms. The summed E-state index contributed by atoms with van der Waals surface area (Å²) in [5, 5.41) is 0. The van der Waals surface area contributed by atoms with Gasteiger partial charge in [0.05, 0.1) is 0 Å². The van der Waals surface area contributed by atoms with Crippen molar-refractivity contribution in [2.75, 3.05) is 0 Å². The second-order valence-electron chi connectivity index (χ2n) is 7.49. The maximum absolute atomic E-state index is 10.8. The molecular formula is C21H42N2O4. The maximum Gasteiger partial charge on any atom is 0.324 e. The molecular weight excluding hydrogens is 344 g/mol. The Morgan fingerprint density at radius 1 is 0.407 bits per heavy atom. The quantitative estimate of drug-likeness (QED) is 0.219. The van der Waals surface area contributed by atoms with Crippen LogP contribution in [0.3, 0.4) is 0 Å². The van der Waals surface area contributed by atoms with Gasteiger partial charge in [-0.15, -0.1) is 0 Å². The lowest BCUT2D eigenvalue weighted by Crippen LogP contribution is -2.08. The minimum Gasteiger partial charge on any atom is -0.373 e. The van der Waals surface area contributed by atoms with Crippen molar-refractivity contribution < 1.29 is 19.3 Å². The first-order valence-electron chi connectivity index (χ1n) is 11.0. The summed E-state index contributed by atoms with van der Waals surface area (Å²) in [5.74, 6) is 8.98. The molecule has 0 saturated heterocycles. The van der Waals surface area contributed by atoms with Crippen LogP contribution < -0.4 is 11.8 Å². The standard InChI is InChI=1S/C21H42N2O4/c22-26-20(24)18-16-14-12-10-8-6-4-2-1-3-5-7-9-11-13-15-17-19-21(25)27-23/h1-19,22-23H2. The monoisotopic (exact) mass is 386 g/mol. The molecule has 160 valence electrons. The van der Waals surface area contributed by atoms with E-state index in [1.165, 1.54) is 83.5 Å². The fourth-order valence-electron chi connectivity index (χ4n) is 3.31. The van der Waals surface area contributed by atoms with Gasteiger partial charge < -0.3 is 9.68 Å². The lowest BCUT2D eigenvalue weighted by Gasteiger charge is -2.04. The number of rotatable bonds is 20. The highest BCUT2D eigenvalue weighted by atomic mass is 16.7. The molecule has 0 aliphatic rings. The van der Waals surface area contributed by atoms with Crippen LogP contribution in [-0.4, -0.2) is 11.9 Å². The van der Waals surface area contributed by atoms with Crippen LogP contribution in [0.1, 0.15) is 122 Å². The number of hydrogen-bond donors (Lipinski definition) is 2. The van der Waals surface area contributed by atoms with E-state index in [0.717, 1.165) is 25.7 Å². The third-order valence-electron chi connectivity index (χ3n) is 5.02. The number of hydrogen-bond acceptors (Lipinski definition) is 6. The smallest absolute Gasteiger partial charge is 0.324 e. The molecule has 0 aromatic heterocycles. The molecule has 27 heavy (non-hydrogen) atoms. The van der Waals surface area contributed by atoms with Gasteiger partial charge in [0.1, 0.15) is 0 Å². The molecule has 0 spiro atoms. The summed E-state index contributed by atoms with van der Waals surface area (Å²) in [7, 11) is 0. The predicted octanol–water partition coefficient (Wildman–Crippen LogP) is 5.23. The van der Waals surface area contributed by atoms with Crippen LogP contribution in [0.4, 0.5) is 0 Å². The summed E-state index contributed by atoms with van der Waals surface area (Å²) in [6.07, 6.45) is 21.9. The average molecular weight is 387 g/mol. The Morgan fingerprint density at radius 2 is 0.593 bits per heavy atom. The van der Waals surface area contributed by atoms with Gasteiger partial charge in [-0.2, -0.15) is 11.8 Å². The molecule has 0 unspecified atom stereocenters. The first-order valence-corrected chi connectivity index (χ1v) is 11.0. The molecule has 0 atom stereocenters. The van der Waals surface area contributed by atoms with Gasteiger partial charge in [0.2, 0.25) is 0 Å². The third-order valence-corrected chi connectivity index (χ3v) is 5.02. The van der Waals surface area contributed by atoms with E-state index >= 15 is 0 Å². The van der Waals surface area contributed by atoms with Crippen LogP contribution in [0, 0.1) is 0 Å². The summed E-state index contributed by atoms with van der Waals surface area (Å²) in [5.41, 5.74) is 0. The van der Waals surface area contributed by atoms with Gasteiger partial charge in [-0.1, -0.05) is 96.3 Å². The van der Waals surface area contributed by atoms with Crippen molar-refractivity contribution in [1.29, 1.82) is 0 Å². The molecule has 6 nitrogen and oxygen atoms in total. The molecule has 0 aliphatic carbocycles. The van der Waals surface area contributed by atoms with Crippen LogP contribution in [-0.2, 0) is 19.3 Å². The van der Waals surface area contributed by atoms with Crippen LogP contribution in [0.15, 0.2) is 0 Å². The molecule has 0 radical (unpaired) electrons. The summed E-state index contributed by atoms with van der Waals surface area (Å²) >= 11 is 0. The SMILES string of the molecule is NOC(=O)CCCCCCCCCCCCCCCCCCCC(=O)ON. The summed E-state index contributed by atoms with van der Waals surface area (Å²) < 4.78 is 0. The Bertz CT molecular complexity index is 319. The maximum atomic E-state index is 10.8. The number of nitrogens with two attached hydrogens (primary N) is 2. The lowest BCUT2D eigenvalue weighted by molar-refractivity contribution is -0.145. The van der Waals surface area contributed by atoms with Gasteiger partial charge in [-0.3, -0.25) is 9.59 Å². The van der Waals surface area contributed by atoms with Crippen molar-refractivity contribution >= 4 is 11.9 Å². The fraction of sp³-hybridized carbons (Fsp3) is 0.905. The Labute approximate surface area is 165 Å². The second-order valence-corrected chi connectivity index (χ2v) is 7.49. The van der Waals surface area contributed by atoms with E-state index < -0.39 is 0 Å². The van der Waals surface area contributed by atoms with Crippen LogP contribution >= 0.6 is 0 Å². The van der Waals surface area contributed by atoms with Gasteiger partial charge in [0.15, 0.2) is 0 Å². The largest absolute Gasteiger partial charge is 0.373 e. The van der Waals surface area contributed by atoms with Crippen molar-refractivity contribution in [2.45, 2.75) is 122 Å². The van der Waals surface area contributed by atoms with Gasteiger partial charge in [0, 0.05) is 12.8 Å². The first kappa shape index (κ1) is 25.9. The molecule has 0 aromatic rings. The zero-order chi connectivity index (χ0) is 20.0. The van der Waals surface area contributed by atoms with Gasteiger partial charge in [-0.25, -0.2) is 0 Å². The predicted molar refractivity (Wildman–Crippen MR) is 108 cm³/mol. The minimum atomic E-state index is -0.304. The average Bonchev–Trinajstić information content (AvgIpc) is 2.69. The van der Waals surface area contributed by atoms with E-state index in [9.17, 15) is 9.59 Å². The summed E-state index contributed by atoms with van der Waals surface area (Å²) in [4.78, 5) is 30.0. The number of carbonyl (C=O) groups excluding carboxylic acids is 2. The molecule has 0 heterocycles. The van der Waals surface area contributed by atoms with E-state index in [1.54, 1.807) is 0 Å².